The van der Waals surface area contributed by atoms with Crippen molar-refractivity contribution in [1.82, 2.24) is 0 Å². The largest absolute Gasteiger partial charge is 0.508 e. The Kier molecular flexibility index (Phi) is 7.33. The Balaban J connectivity index is 2.24. The van der Waals surface area contributed by atoms with Crippen molar-refractivity contribution < 1.29 is 20.4 Å². The van der Waals surface area contributed by atoms with Crippen LogP contribution in [0.3, 0.4) is 0 Å². The highest BCUT2D eigenvalue weighted by atomic mass is 16.3. The Morgan fingerprint density at radius 3 is 2.25 bits per heavy atom. The highest BCUT2D eigenvalue weighted by Gasteiger charge is 2.08. The Morgan fingerprint density at radius 1 is 0.821 bits per heavy atom. The van der Waals surface area contributed by atoms with Crippen molar-refractivity contribution in [2.75, 3.05) is 0 Å². The number of phenols is 4. The molecule has 0 amide bonds. The van der Waals surface area contributed by atoms with E-state index < -0.39 is 0 Å². The standard InChI is InChI=1S/C24H28O4/c1-16(2)5-4-6-17(3)7-11-21-19(14-20(25)15-23(21)27)10-8-18-9-12-22(26)24(28)13-18/h5,7-10,12-15,25-28H,4,6,11H2,1-3H3/b10-8+,17-7+. The molecule has 0 saturated heterocycles. The molecule has 28 heavy (non-hydrogen) atoms. The zero-order valence-electron chi connectivity index (χ0n) is 16.6. The van der Waals surface area contributed by atoms with Gasteiger partial charge in [0.2, 0.25) is 0 Å². The first-order valence-corrected chi connectivity index (χ1v) is 9.30. The van der Waals surface area contributed by atoms with Gasteiger partial charge in [-0.1, -0.05) is 41.5 Å². The van der Waals surface area contributed by atoms with Gasteiger partial charge in [-0.3, -0.25) is 0 Å². The molecule has 0 aliphatic carbocycles. The van der Waals surface area contributed by atoms with Gasteiger partial charge in [0, 0.05) is 11.6 Å². The molecule has 0 unspecified atom stereocenters. The number of allylic oxidation sites excluding steroid dienone is 4. The molecule has 0 heterocycles. The Bertz CT molecular complexity index is 916. The summed E-state index contributed by atoms with van der Waals surface area (Å²) < 4.78 is 0. The van der Waals surface area contributed by atoms with Crippen molar-refractivity contribution in [2.24, 2.45) is 0 Å². The van der Waals surface area contributed by atoms with Gasteiger partial charge in [-0.25, -0.2) is 0 Å². The predicted octanol–water partition coefficient (Wildman–Crippen LogP) is 5.91. The molecule has 0 aliphatic rings. The van der Waals surface area contributed by atoms with E-state index in [0.717, 1.165) is 18.4 Å². The van der Waals surface area contributed by atoms with Gasteiger partial charge < -0.3 is 20.4 Å². The molecule has 0 saturated carbocycles. The fourth-order valence-corrected chi connectivity index (χ4v) is 2.83. The monoisotopic (exact) mass is 380 g/mol. The zero-order valence-corrected chi connectivity index (χ0v) is 16.6. The zero-order chi connectivity index (χ0) is 20.7. The number of phenolic OH excluding ortho intramolecular Hbond substituents is 4. The second-order valence-corrected chi connectivity index (χ2v) is 7.19. The van der Waals surface area contributed by atoms with E-state index in [2.05, 4.69) is 32.9 Å². The summed E-state index contributed by atoms with van der Waals surface area (Å²) in [4.78, 5) is 0. The lowest BCUT2D eigenvalue weighted by molar-refractivity contribution is 0.403. The van der Waals surface area contributed by atoms with E-state index in [0.29, 0.717) is 17.5 Å². The van der Waals surface area contributed by atoms with Crippen molar-refractivity contribution in [1.29, 1.82) is 0 Å². The van der Waals surface area contributed by atoms with Gasteiger partial charge in [-0.15, -0.1) is 0 Å². The van der Waals surface area contributed by atoms with Gasteiger partial charge in [0.1, 0.15) is 11.5 Å². The molecule has 0 atom stereocenters. The maximum Gasteiger partial charge on any atom is 0.157 e. The smallest absolute Gasteiger partial charge is 0.157 e. The molecule has 0 spiro atoms. The van der Waals surface area contributed by atoms with Crippen LogP contribution in [0.5, 0.6) is 23.0 Å². The van der Waals surface area contributed by atoms with Crippen LogP contribution in [-0.4, -0.2) is 20.4 Å². The van der Waals surface area contributed by atoms with Crippen molar-refractivity contribution >= 4 is 12.2 Å². The van der Waals surface area contributed by atoms with Crippen molar-refractivity contribution in [3.05, 3.63) is 70.3 Å². The molecule has 0 radical (unpaired) electrons. The van der Waals surface area contributed by atoms with Gasteiger partial charge in [0.25, 0.3) is 0 Å². The summed E-state index contributed by atoms with van der Waals surface area (Å²) in [6.07, 6.45) is 10.3. The quantitative estimate of drug-likeness (QED) is 0.273. The first-order chi connectivity index (χ1) is 13.3. The highest BCUT2D eigenvalue weighted by molar-refractivity contribution is 5.74. The normalized spacial score (nSPS) is 11.8. The van der Waals surface area contributed by atoms with E-state index >= 15 is 0 Å². The average Bonchev–Trinajstić information content (AvgIpc) is 2.61. The van der Waals surface area contributed by atoms with Crippen molar-refractivity contribution in [3.63, 3.8) is 0 Å². The number of hydrogen-bond acceptors (Lipinski definition) is 4. The average molecular weight is 380 g/mol. The molecule has 4 heteroatoms. The lowest BCUT2D eigenvalue weighted by atomic mass is 9.99. The fourth-order valence-electron chi connectivity index (χ4n) is 2.83. The molecule has 2 aromatic carbocycles. The number of aromatic hydroxyl groups is 4. The summed E-state index contributed by atoms with van der Waals surface area (Å²) >= 11 is 0. The van der Waals surface area contributed by atoms with Gasteiger partial charge in [-0.2, -0.15) is 0 Å². The van der Waals surface area contributed by atoms with Gasteiger partial charge in [0.15, 0.2) is 11.5 Å². The van der Waals surface area contributed by atoms with Crippen molar-refractivity contribution in [3.8, 4) is 23.0 Å². The number of rotatable bonds is 7. The molecule has 0 aliphatic heterocycles. The minimum absolute atomic E-state index is 0.0151. The third-order valence-corrected chi connectivity index (χ3v) is 4.45. The lowest BCUT2D eigenvalue weighted by Gasteiger charge is -2.09. The van der Waals surface area contributed by atoms with E-state index in [-0.39, 0.29) is 23.0 Å². The topological polar surface area (TPSA) is 80.9 Å². The van der Waals surface area contributed by atoms with Gasteiger partial charge in [0.05, 0.1) is 0 Å². The van der Waals surface area contributed by atoms with E-state index in [4.69, 9.17) is 0 Å². The van der Waals surface area contributed by atoms with E-state index in [1.54, 1.807) is 24.3 Å². The molecule has 0 aromatic heterocycles. The predicted molar refractivity (Wildman–Crippen MR) is 115 cm³/mol. The van der Waals surface area contributed by atoms with Crippen LogP contribution >= 0.6 is 0 Å². The van der Waals surface area contributed by atoms with Crippen LogP contribution < -0.4 is 0 Å². The highest BCUT2D eigenvalue weighted by Crippen LogP contribution is 2.31. The maximum absolute atomic E-state index is 10.3. The van der Waals surface area contributed by atoms with Gasteiger partial charge in [-0.05, 0) is 69.4 Å². The molecule has 148 valence electrons. The third-order valence-electron chi connectivity index (χ3n) is 4.45. The van der Waals surface area contributed by atoms with E-state index in [1.807, 2.05) is 0 Å². The molecule has 0 fully saturated rings. The first kappa shape index (κ1) is 21.2. The molecule has 2 rings (SSSR count). The van der Waals surface area contributed by atoms with Crippen LogP contribution in [0.4, 0.5) is 0 Å². The summed E-state index contributed by atoms with van der Waals surface area (Å²) in [5.74, 6) is -0.349. The summed E-state index contributed by atoms with van der Waals surface area (Å²) in [6, 6.07) is 7.46. The van der Waals surface area contributed by atoms with Gasteiger partial charge >= 0.3 is 0 Å². The first-order valence-electron chi connectivity index (χ1n) is 9.30. The lowest BCUT2D eigenvalue weighted by Crippen LogP contribution is -1.90. The Labute approximate surface area is 166 Å². The van der Waals surface area contributed by atoms with E-state index in [9.17, 15) is 20.4 Å². The molecule has 0 bridgehead atoms. The van der Waals surface area contributed by atoms with Crippen LogP contribution in [0, 0.1) is 0 Å². The SMILES string of the molecule is CC(C)=CCC/C(C)=C/Cc1c(O)cc(O)cc1/C=C/c1ccc(O)c(O)c1. The molecular weight excluding hydrogens is 352 g/mol. The third kappa shape index (κ3) is 6.23. The Hall–Kier alpha value is -3.14. The second kappa shape index (κ2) is 9.70. The minimum atomic E-state index is -0.198. The van der Waals surface area contributed by atoms with Crippen LogP contribution in [0.15, 0.2) is 53.6 Å². The molecule has 4 nitrogen and oxygen atoms in total. The number of benzene rings is 2. The van der Waals surface area contributed by atoms with E-state index in [1.165, 1.54) is 29.3 Å². The number of hydrogen-bond donors (Lipinski definition) is 4. The maximum atomic E-state index is 10.3. The summed E-state index contributed by atoms with van der Waals surface area (Å²) in [5.41, 5.74) is 4.65. The summed E-state index contributed by atoms with van der Waals surface area (Å²) in [7, 11) is 0. The summed E-state index contributed by atoms with van der Waals surface area (Å²) in [5, 5.41) is 39.2. The fraction of sp³-hybridized carbons (Fsp3) is 0.250. The molecule has 2 aromatic rings. The Morgan fingerprint density at radius 2 is 1.57 bits per heavy atom. The second-order valence-electron chi connectivity index (χ2n) is 7.19. The molecular formula is C24H28O4. The van der Waals surface area contributed by atoms with Crippen molar-refractivity contribution in [2.45, 2.75) is 40.0 Å². The minimum Gasteiger partial charge on any atom is -0.508 e. The van der Waals surface area contributed by atoms with Crippen LogP contribution in [0.1, 0.15) is 50.3 Å². The van der Waals surface area contributed by atoms with Crippen LogP contribution in [-0.2, 0) is 6.42 Å². The molecule has 4 N–H and O–H groups in total. The summed E-state index contributed by atoms with van der Waals surface area (Å²) in [6.45, 7) is 6.24. The van der Waals surface area contributed by atoms with Crippen LogP contribution in [0.25, 0.3) is 12.2 Å². The van der Waals surface area contributed by atoms with Crippen LogP contribution in [0.2, 0.25) is 0 Å².